The minimum absolute atomic E-state index is 0.106. The maximum Gasteiger partial charge on any atom is 0.311 e. The van der Waals surface area contributed by atoms with Crippen LogP contribution < -0.4 is 5.32 Å². The number of aryl methyl sites for hydroxylation is 1. The molecule has 0 bridgehead atoms. The van der Waals surface area contributed by atoms with Crippen LogP contribution in [0.3, 0.4) is 0 Å². The molecule has 1 fully saturated rings. The Morgan fingerprint density at radius 3 is 2.74 bits per heavy atom. The van der Waals surface area contributed by atoms with E-state index in [0.29, 0.717) is 37.3 Å². The Hall–Kier alpha value is -1.89. The minimum atomic E-state index is -0.925. The van der Waals surface area contributed by atoms with Crippen LogP contribution in [0, 0.1) is 12.3 Å². The van der Waals surface area contributed by atoms with Gasteiger partial charge in [0.2, 0.25) is 0 Å². The molecule has 1 amide bonds. The zero-order chi connectivity index (χ0) is 13.9. The summed E-state index contributed by atoms with van der Waals surface area (Å²) in [4.78, 5) is 23.4. The summed E-state index contributed by atoms with van der Waals surface area (Å²) in [6.07, 6.45) is 2.25. The van der Waals surface area contributed by atoms with Crippen molar-refractivity contribution < 1.29 is 19.4 Å². The van der Waals surface area contributed by atoms with E-state index in [1.165, 1.54) is 6.20 Å². The fourth-order valence-corrected chi connectivity index (χ4v) is 2.15. The van der Waals surface area contributed by atoms with Crippen molar-refractivity contribution in [2.24, 2.45) is 5.41 Å². The van der Waals surface area contributed by atoms with E-state index in [1.807, 2.05) is 0 Å². The van der Waals surface area contributed by atoms with Crippen molar-refractivity contribution in [2.75, 3.05) is 19.8 Å². The lowest BCUT2D eigenvalue weighted by Crippen LogP contribution is -2.46. The van der Waals surface area contributed by atoms with E-state index in [0.717, 1.165) is 0 Å². The van der Waals surface area contributed by atoms with E-state index < -0.39 is 11.4 Å². The van der Waals surface area contributed by atoms with Crippen LogP contribution in [0.25, 0.3) is 0 Å². The van der Waals surface area contributed by atoms with Crippen molar-refractivity contribution in [1.82, 2.24) is 15.5 Å². The molecule has 0 aliphatic carbocycles. The number of carboxylic acid groups (broad SMARTS) is 1. The summed E-state index contributed by atoms with van der Waals surface area (Å²) in [6, 6.07) is 0. The average Bonchev–Trinajstić information content (AvgIpc) is 2.83. The number of nitrogens with zero attached hydrogens (tertiary/aromatic N) is 1. The Bertz CT molecular complexity index is 477. The van der Waals surface area contributed by atoms with Crippen molar-refractivity contribution in [1.29, 1.82) is 0 Å². The molecule has 0 unspecified atom stereocenters. The first-order valence-electron chi connectivity index (χ1n) is 6.14. The summed E-state index contributed by atoms with van der Waals surface area (Å²) >= 11 is 0. The molecular weight excluding hydrogens is 250 g/mol. The van der Waals surface area contributed by atoms with E-state index in [9.17, 15) is 14.7 Å². The first-order chi connectivity index (χ1) is 9.05. The van der Waals surface area contributed by atoms with E-state index in [1.54, 1.807) is 6.92 Å². The van der Waals surface area contributed by atoms with Gasteiger partial charge in [-0.2, -0.15) is 5.10 Å². The van der Waals surface area contributed by atoms with Crippen molar-refractivity contribution in [3.05, 3.63) is 17.5 Å². The largest absolute Gasteiger partial charge is 0.481 e. The number of carbonyl (C=O) groups excluding carboxylic acids is 1. The van der Waals surface area contributed by atoms with Gasteiger partial charge in [-0.25, -0.2) is 0 Å². The highest BCUT2D eigenvalue weighted by atomic mass is 16.5. The number of hydrogen-bond acceptors (Lipinski definition) is 4. The number of aromatic nitrogens is 2. The smallest absolute Gasteiger partial charge is 0.311 e. The van der Waals surface area contributed by atoms with Crippen LogP contribution in [-0.2, 0) is 9.53 Å². The van der Waals surface area contributed by atoms with Gasteiger partial charge in [0.05, 0.1) is 17.2 Å². The topological polar surface area (TPSA) is 104 Å². The van der Waals surface area contributed by atoms with E-state index >= 15 is 0 Å². The molecule has 0 aromatic carbocycles. The number of rotatable bonds is 4. The molecule has 1 saturated heterocycles. The van der Waals surface area contributed by atoms with Crippen molar-refractivity contribution >= 4 is 11.9 Å². The Labute approximate surface area is 110 Å². The van der Waals surface area contributed by atoms with Crippen LogP contribution in [0.2, 0.25) is 0 Å². The number of H-pyrrole nitrogens is 1. The van der Waals surface area contributed by atoms with Gasteiger partial charge in [0.15, 0.2) is 0 Å². The third-order valence-electron chi connectivity index (χ3n) is 3.57. The lowest BCUT2D eigenvalue weighted by atomic mass is 9.80. The van der Waals surface area contributed by atoms with Crippen molar-refractivity contribution in [3.8, 4) is 0 Å². The van der Waals surface area contributed by atoms with Crippen LogP contribution in [0.5, 0.6) is 0 Å². The number of aliphatic carboxylic acids is 1. The monoisotopic (exact) mass is 267 g/mol. The highest BCUT2D eigenvalue weighted by molar-refractivity contribution is 5.95. The normalized spacial score (nSPS) is 17.9. The second-order valence-corrected chi connectivity index (χ2v) is 4.79. The molecule has 7 heteroatoms. The second-order valence-electron chi connectivity index (χ2n) is 4.79. The molecule has 7 nitrogen and oxygen atoms in total. The van der Waals surface area contributed by atoms with Gasteiger partial charge in [-0.05, 0) is 19.8 Å². The molecule has 2 rings (SSSR count). The molecule has 0 spiro atoms. The zero-order valence-corrected chi connectivity index (χ0v) is 10.7. The average molecular weight is 267 g/mol. The molecule has 1 aliphatic heterocycles. The lowest BCUT2D eigenvalue weighted by Gasteiger charge is -2.33. The Morgan fingerprint density at radius 1 is 1.53 bits per heavy atom. The lowest BCUT2D eigenvalue weighted by molar-refractivity contribution is -0.154. The third-order valence-corrected chi connectivity index (χ3v) is 3.57. The highest BCUT2D eigenvalue weighted by Crippen LogP contribution is 2.30. The number of carbonyl (C=O) groups is 2. The molecular formula is C12H17N3O4. The SMILES string of the molecule is Cc1[nH]ncc1C(=O)NCC1(C(=O)O)CCOCC1. The molecule has 104 valence electrons. The maximum absolute atomic E-state index is 11.9. The molecule has 2 heterocycles. The molecule has 0 radical (unpaired) electrons. The van der Waals surface area contributed by atoms with Gasteiger partial charge in [0.25, 0.3) is 5.91 Å². The predicted octanol–water partition coefficient (Wildman–Crippen LogP) is 0.329. The van der Waals surface area contributed by atoms with Gasteiger partial charge in [0.1, 0.15) is 0 Å². The van der Waals surface area contributed by atoms with Gasteiger partial charge in [-0.15, -0.1) is 0 Å². The summed E-state index contributed by atoms with van der Waals surface area (Å²) in [5, 5.41) is 18.5. The van der Waals surface area contributed by atoms with E-state index in [-0.39, 0.29) is 12.5 Å². The Balaban J connectivity index is 2.02. The second kappa shape index (κ2) is 5.40. The third kappa shape index (κ3) is 2.76. The van der Waals surface area contributed by atoms with Gasteiger partial charge in [-0.3, -0.25) is 14.7 Å². The summed E-state index contributed by atoms with van der Waals surface area (Å²) < 4.78 is 5.18. The van der Waals surface area contributed by atoms with Crippen LogP contribution in [0.4, 0.5) is 0 Å². The van der Waals surface area contributed by atoms with Crippen LogP contribution in [0.15, 0.2) is 6.20 Å². The minimum Gasteiger partial charge on any atom is -0.481 e. The summed E-state index contributed by atoms with van der Waals surface area (Å²) in [7, 11) is 0. The quantitative estimate of drug-likeness (QED) is 0.729. The molecule has 1 aromatic heterocycles. The predicted molar refractivity (Wildman–Crippen MR) is 65.8 cm³/mol. The Kier molecular flexibility index (Phi) is 3.84. The fraction of sp³-hybridized carbons (Fsp3) is 0.583. The molecule has 1 aliphatic rings. The molecule has 0 saturated carbocycles. The number of ether oxygens (including phenoxy) is 1. The molecule has 3 N–H and O–H groups in total. The standard InChI is InChI=1S/C12H17N3O4/c1-8-9(6-14-15-8)10(16)13-7-12(11(17)18)2-4-19-5-3-12/h6H,2-5,7H2,1H3,(H,13,16)(H,14,15)(H,17,18). The zero-order valence-electron chi connectivity index (χ0n) is 10.7. The number of nitrogens with one attached hydrogen (secondary N) is 2. The summed E-state index contributed by atoms with van der Waals surface area (Å²) in [5.41, 5.74) is 0.174. The van der Waals surface area contributed by atoms with Gasteiger partial charge in [0, 0.05) is 25.5 Å². The van der Waals surface area contributed by atoms with E-state index in [2.05, 4.69) is 15.5 Å². The first-order valence-corrected chi connectivity index (χ1v) is 6.14. The van der Waals surface area contributed by atoms with Crippen LogP contribution >= 0.6 is 0 Å². The molecule has 19 heavy (non-hydrogen) atoms. The van der Waals surface area contributed by atoms with Crippen molar-refractivity contribution in [2.45, 2.75) is 19.8 Å². The fourth-order valence-electron chi connectivity index (χ4n) is 2.15. The maximum atomic E-state index is 11.9. The van der Waals surface area contributed by atoms with Crippen LogP contribution in [0.1, 0.15) is 28.9 Å². The molecule has 0 atom stereocenters. The van der Waals surface area contributed by atoms with Gasteiger partial charge in [-0.1, -0.05) is 0 Å². The van der Waals surface area contributed by atoms with Gasteiger partial charge < -0.3 is 15.2 Å². The van der Waals surface area contributed by atoms with E-state index in [4.69, 9.17) is 4.74 Å². The summed E-state index contributed by atoms with van der Waals surface area (Å²) in [5.74, 6) is -1.20. The van der Waals surface area contributed by atoms with Crippen LogP contribution in [-0.4, -0.2) is 46.9 Å². The molecule has 1 aromatic rings. The summed E-state index contributed by atoms with van der Waals surface area (Å²) in [6.45, 7) is 2.66. The number of amides is 1. The number of aromatic amines is 1. The highest BCUT2D eigenvalue weighted by Gasteiger charge is 2.40. The number of carboxylic acids is 1. The first kappa shape index (κ1) is 13.5. The number of hydrogen-bond donors (Lipinski definition) is 3. The Morgan fingerprint density at radius 2 is 2.21 bits per heavy atom. The van der Waals surface area contributed by atoms with Crippen molar-refractivity contribution in [3.63, 3.8) is 0 Å². The van der Waals surface area contributed by atoms with Gasteiger partial charge >= 0.3 is 5.97 Å².